The van der Waals surface area contributed by atoms with Crippen molar-refractivity contribution < 1.29 is 14.3 Å². The summed E-state index contributed by atoms with van der Waals surface area (Å²) in [6, 6.07) is 17.2. The van der Waals surface area contributed by atoms with Gasteiger partial charge >= 0.3 is 5.97 Å². The molecule has 1 heterocycles. The molecule has 0 bridgehead atoms. The van der Waals surface area contributed by atoms with Gasteiger partial charge in [-0.2, -0.15) is 5.10 Å². The van der Waals surface area contributed by atoms with Gasteiger partial charge in [0.1, 0.15) is 11.3 Å². The summed E-state index contributed by atoms with van der Waals surface area (Å²) in [6.07, 6.45) is 1.62. The number of hydrogen-bond donors (Lipinski definition) is 1. The molecule has 0 aliphatic carbocycles. The van der Waals surface area contributed by atoms with Crippen LogP contribution in [0.5, 0.6) is 0 Å². The van der Waals surface area contributed by atoms with Crippen LogP contribution in [0.3, 0.4) is 0 Å². The van der Waals surface area contributed by atoms with E-state index >= 15 is 0 Å². The lowest BCUT2D eigenvalue weighted by atomic mass is 10.1. The van der Waals surface area contributed by atoms with Crippen LogP contribution < -0.4 is 5.32 Å². The zero-order chi connectivity index (χ0) is 18.5. The van der Waals surface area contributed by atoms with Gasteiger partial charge in [-0.25, -0.2) is 9.48 Å². The summed E-state index contributed by atoms with van der Waals surface area (Å²) in [7, 11) is 1.49. The zero-order valence-electron chi connectivity index (χ0n) is 14.6. The summed E-state index contributed by atoms with van der Waals surface area (Å²) in [4.78, 5) is 23.9. The molecule has 1 aromatic heterocycles. The van der Waals surface area contributed by atoms with E-state index in [1.807, 2.05) is 61.5 Å². The van der Waals surface area contributed by atoms with Gasteiger partial charge in [0.25, 0.3) is 5.91 Å². The van der Waals surface area contributed by atoms with Crippen LogP contribution in [0.2, 0.25) is 0 Å². The van der Waals surface area contributed by atoms with E-state index < -0.39 is 5.97 Å². The molecule has 2 aromatic carbocycles. The Morgan fingerprint density at radius 3 is 2.42 bits per heavy atom. The highest BCUT2D eigenvalue weighted by molar-refractivity contribution is 5.97. The molecule has 0 fully saturated rings. The molecule has 0 saturated carbocycles. The molecule has 6 heteroatoms. The van der Waals surface area contributed by atoms with E-state index in [9.17, 15) is 9.59 Å². The van der Waals surface area contributed by atoms with Gasteiger partial charge in [0, 0.05) is 18.8 Å². The van der Waals surface area contributed by atoms with E-state index in [0.717, 1.165) is 16.8 Å². The van der Waals surface area contributed by atoms with Crippen LogP contribution >= 0.6 is 0 Å². The summed E-state index contributed by atoms with van der Waals surface area (Å²) in [5.41, 5.74) is 3.56. The van der Waals surface area contributed by atoms with E-state index in [0.29, 0.717) is 11.3 Å². The first-order chi connectivity index (χ1) is 12.6. The van der Waals surface area contributed by atoms with Crippen molar-refractivity contribution in [2.75, 3.05) is 13.7 Å². The minimum absolute atomic E-state index is 0.307. The van der Waals surface area contributed by atoms with Crippen LogP contribution in [0.1, 0.15) is 15.9 Å². The molecule has 1 amide bonds. The second-order valence-corrected chi connectivity index (χ2v) is 5.79. The Labute approximate surface area is 151 Å². The smallest absolute Gasteiger partial charge is 0.342 e. The standard InChI is InChI=1S/C20H19N3O3/c1-14-8-10-15(11-9-14)19-17(20(25)26-13-18(24)21-2)12-23(22-19)16-6-4-3-5-7-16/h3-12H,13H2,1-2H3,(H,21,24). The molecule has 0 saturated heterocycles. The number of carbonyl (C=O) groups excluding carboxylic acids is 2. The number of esters is 1. The molecule has 0 radical (unpaired) electrons. The molecule has 132 valence electrons. The number of rotatable bonds is 5. The van der Waals surface area contributed by atoms with Crippen molar-refractivity contribution in [1.82, 2.24) is 15.1 Å². The number of aryl methyl sites for hydroxylation is 1. The maximum absolute atomic E-state index is 12.5. The number of aromatic nitrogens is 2. The number of nitrogens with zero attached hydrogens (tertiary/aromatic N) is 2. The van der Waals surface area contributed by atoms with Crippen molar-refractivity contribution in [2.45, 2.75) is 6.92 Å². The summed E-state index contributed by atoms with van der Waals surface area (Å²) < 4.78 is 6.74. The number of ether oxygens (including phenoxy) is 1. The van der Waals surface area contributed by atoms with Crippen molar-refractivity contribution in [3.63, 3.8) is 0 Å². The number of para-hydroxylation sites is 1. The molecular formula is C20H19N3O3. The van der Waals surface area contributed by atoms with Crippen molar-refractivity contribution in [3.05, 3.63) is 71.9 Å². The molecular weight excluding hydrogens is 330 g/mol. The molecule has 3 aromatic rings. The quantitative estimate of drug-likeness (QED) is 0.719. The monoisotopic (exact) mass is 349 g/mol. The van der Waals surface area contributed by atoms with Crippen LogP contribution in [-0.2, 0) is 9.53 Å². The van der Waals surface area contributed by atoms with Gasteiger partial charge in [-0.1, -0.05) is 48.0 Å². The molecule has 0 unspecified atom stereocenters. The summed E-state index contributed by atoms with van der Waals surface area (Å²) in [5.74, 6) is -0.961. The third-order valence-electron chi connectivity index (χ3n) is 3.89. The predicted molar refractivity (Wildman–Crippen MR) is 98.1 cm³/mol. The summed E-state index contributed by atoms with van der Waals surface area (Å²) in [6.45, 7) is 1.66. The third-order valence-corrected chi connectivity index (χ3v) is 3.89. The summed E-state index contributed by atoms with van der Waals surface area (Å²) in [5, 5.41) is 6.98. The number of carbonyl (C=O) groups is 2. The molecule has 3 rings (SSSR count). The fraction of sp³-hybridized carbons (Fsp3) is 0.150. The molecule has 26 heavy (non-hydrogen) atoms. The molecule has 6 nitrogen and oxygen atoms in total. The van der Waals surface area contributed by atoms with Gasteiger partial charge in [0.15, 0.2) is 6.61 Å². The van der Waals surface area contributed by atoms with Crippen LogP contribution in [0.25, 0.3) is 16.9 Å². The first-order valence-corrected chi connectivity index (χ1v) is 8.18. The second-order valence-electron chi connectivity index (χ2n) is 5.79. The van der Waals surface area contributed by atoms with Crippen molar-refractivity contribution in [1.29, 1.82) is 0 Å². The first kappa shape index (κ1) is 17.4. The Bertz CT molecular complexity index is 915. The van der Waals surface area contributed by atoms with Gasteiger partial charge in [0.2, 0.25) is 0 Å². The second kappa shape index (κ2) is 7.65. The molecule has 1 N–H and O–H groups in total. The number of amides is 1. The van der Waals surface area contributed by atoms with Crippen molar-refractivity contribution in [2.24, 2.45) is 0 Å². The van der Waals surface area contributed by atoms with Crippen LogP contribution in [0.15, 0.2) is 60.8 Å². The lowest BCUT2D eigenvalue weighted by Gasteiger charge is -2.04. The Hall–Kier alpha value is -3.41. The van der Waals surface area contributed by atoms with Crippen LogP contribution in [-0.4, -0.2) is 35.3 Å². The van der Waals surface area contributed by atoms with Gasteiger partial charge < -0.3 is 10.1 Å². The Morgan fingerprint density at radius 2 is 1.77 bits per heavy atom. The largest absolute Gasteiger partial charge is 0.452 e. The fourth-order valence-corrected chi connectivity index (χ4v) is 2.44. The number of hydrogen-bond acceptors (Lipinski definition) is 4. The first-order valence-electron chi connectivity index (χ1n) is 8.18. The van der Waals surface area contributed by atoms with E-state index in [1.54, 1.807) is 10.9 Å². The van der Waals surface area contributed by atoms with Crippen molar-refractivity contribution in [3.8, 4) is 16.9 Å². The molecule has 0 aliphatic rings. The molecule has 0 spiro atoms. The average molecular weight is 349 g/mol. The Balaban J connectivity index is 2.00. The normalized spacial score (nSPS) is 10.4. The Morgan fingerprint density at radius 1 is 1.08 bits per heavy atom. The number of nitrogens with one attached hydrogen (secondary N) is 1. The van der Waals surface area contributed by atoms with Crippen molar-refractivity contribution >= 4 is 11.9 Å². The topological polar surface area (TPSA) is 73.2 Å². The van der Waals surface area contributed by atoms with Gasteiger partial charge in [-0.15, -0.1) is 0 Å². The van der Waals surface area contributed by atoms with E-state index in [4.69, 9.17) is 4.74 Å². The van der Waals surface area contributed by atoms with E-state index in [1.165, 1.54) is 7.05 Å². The fourth-order valence-electron chi connectivity index (χ4n) is 2.44. The van der Waals surface area contributed by atoms with E-state index in [-0.39, 0.29) is 12.5 Å². The molecule has 0 atom stereocenters. The minimum atomic E-state index is -0.591. The maximum atomic E-state index is 12.5. The lowest BCUT2D eigenvalue weighted by molar-refractivity contribution is -0.123. The van der Waals surface area contributed by atoms with E-state index in [2.05, 4.69) is 10.4 Å². The number of likely N-dealkylation sites (N-methyl/N-ethyl adjacent to an activating group) is 1. The highest BCUT2D eigenvalue weighted by Gasteiger charge is 2.20. The predicted octanol–water partition coefficient (Wildman–Crippen LogP) is 2.75. The summed E-state index contributed by atoms with van der Waals surface area (Å²) >= 11 is 0. The highest BCUT2D eigenvalue weighted by Crippen LogP contribution is 2.25. The number of benzene rings is 2. The van der Waals surface area contributed by atoms with Gasteiger partial charge in [-0.05, 0) is 19.1 Å². The highest BCUT2D eigenvalue weighted by atomic mass is 16.5. The Kier molecular flexibility index (Phi) is 5.12. The maximum Gasteiger partial charge on any atom is 0.342 e. The van der Waals surface area contributed by atoms with Crippen LogP contribution in [0.4, 0.5) is 0 Å². The zero-order valence-corrected chi connectivity index (χ0v) is 14.6. The third kappa shape index (κ3) is 3.80. The van der Waals surface area contributed by atoms with Crippen LogP contribution in [0, 0.1) is 6.92 Å². The lowest BCUT2D eigenvalue weighted by Crippen LogP contribution is -2.25. The van der Waals surface area contributed by atoms with Gasteiger partial charge in [-0.3, -0.25) is 4.79 Å². The average Bonchev–Trinajstić information content (AvgIpc) is 3.12. The SMILES string of the molecule is CNC(=O)COC(=O)c1cn(-c2ccccc2)nc1-c1ccc(C)cc1. The van der Waals surface area contributed by atoms with Gasteiger partial charge in [0.05, 0.1) is 5.69 Å². The molecule has 0 aliphatic heterocycles. The minimum Gasteiger partial charge on any atom is -0.452 e.